The van der Waals surface area contributed by atoms with Crippen molar-refractivity contribution in [1.82, 2.24) is 10.2 Å². The molecule has 2 aliphatic rings. The number of fused-ring (bicyclic) bond motifs is 1. The number of rotatable bonds is 6. The van der Waals surface area contributed by atoms with E-state index in [1.54, 1.807) is 11.8 Å². The van der Waals surface area contributed by atoms with Crippen LogP contribution >= 0.6 is 48.2 Å². The van der Waals surface area contributed by atoms with Crippen molar-refractivity contribution in [3.8, 4) is 0 Å². The number of nitrogens with one attached hydrogen (secondary N) is 1. The number of carbonyl (C=O) groups is 1. The maximum absolute atomic E-state index is 12.2. The number of halogens is 3. The fourth-order valence-electron chi connectivity index (χ4n) is 3.54. The van der Waals surface area contributed by atoms with E-state index in [-0.39, 0.29) is 42.9 Å². The zero-order chi connectivity index (χ0) is 17.8. The number of hydrogen-bond donors (Lipinski definition) is 2. The summed E-state index contributed by atoms with van der Waals surface area (Å²) >= 11 is 7.67. The fourth-order valence-corrected chi connectivity index (χ4v) is 4.16. The van der Waals surface area contributed by atoms with Gasteiger partial charge in [0.15, 0.2) is 0 Å². The van der Waals surface area contributed by atoms with Gasteiger partial charge in [-0.2, -0.15) is 11.8 Å². The largest absolute Gasteiger partial charge is 0.371 e. The van der Waals surface area contributed by atoms with Crippen molar-refractivity contribution in [2.24, 2.45) is 5.73 Å². The molecule has 1 aromatic rings. The van der Waals surface area contributed by atoms with Gasteiger partial charge in [-0.25, -0.2) is 0 Å². The molecule has 2 fully saturated rings. The first-order chi connectivity index (χ1) is 12.1. The third-order valence-corrected chi connectivity index (χ3v) is 5.87. The van der Waals surface area contributed by atoms with Crippen molar-refractivity contribution in [3.63, 3.8) is 0 Å². The number of morpholine rings is 1. The van der Waals surface area contributed by atoms with Gasteiger partial charge in [0.1, 0.15) is 0 Å². The SMILES string of the molecule is CSCC[C@@H](N)C(=O)N[C@H]1C[C@H]2CO[C@@H](c3ccc(Cl)cc3)CN2C1.Cl.Cl. The lowest BCUT2D eigenvalue weighted by Crippen LogP contribution is -2.46. The summed E-state index contributed by atoms with van der Waals surface area (Å²) < 4.78 is 6.05. The minimum atomic E-state index is -0.414. The van der Waals surface area contributed by atoms with E-state index in [1.807, 2.05) is 30.5 Å². The summed E-state index contributed by atoms with van der Waals surface area (Å²) in [5.74, 6) is 0.874. The summed E-state index contributed by atoms with van der Waals surface area (Å²) in [6.45, 7) is 2.40. The van der Waals surface area contributed by atoms with Gasteiger partial charge in [0.25, 0.3) is 0 Å². The van der Waals surface area contributed by atoms with Crippen LogP contribution in [0.3, 0.4) is 0 Å². The zero-order valence-electron chi connectivity index (χ0n) is 15.3. The highest BCUT2D eigenvalue weighted by Gasteiger charge is 2.38. The molecule has 0 aromatic heterocycles. The van der Waals surface area contributed by atoms with Crippen LogP contribution in [-0.4, -0.2) is 60.6 Å². The summed E-state index contributed by atoms with van der Waals surface area (Å²) in [6.07, 6.45) is 3.73. The molecule has 0 bridgehead atoms. The highest BCUT2D eigenvalue weighted by Crippen LogP contribution is 2.30. The van der Waals surface area contributed by atoms with E-state index in [0.29, 0.717) is 19.1 Å². The summed E-state index contributed by atoms with van der Waals surface area (Å²) in [4.78, 5) is 14.6. The van der Waals surface area contributed by atoms with Crippen LogP contribution in [-0.2, 0) is 9.53 Å². The monoisotopic (exact) mass is 455 g/mol. The highest BCUT2D eigenvalue weighted by atomic mass is 35.5. The molecule has 3 N–H and O–H groups in total. The summed E-state index contributed by atoms with van der Waals surface area (Å²) in [6, 6.07) is 7.95. The molecule has 1 aromatic carbocycles. The maximum atomic E-state index is 12.2. The third-order valence-electron chi connectivity index (χ3n) is 4.98. The Balaban J connectivity index is 0.00000182. The Morgan fingerprint density at radius 3 is 2.74 bits per heavy atom. The molecule has 0 radical (unpaired) electrons. The van der Waals surface area contributed by atoms with Gasteiger partial charge in [0.2, 0.25) is 5.91 Å². The molecule has 0 spiro atoms. The van der Waals surface area contributed by atoms with Crippen LogP contribution in [0.4, 0.5) is 0 Å². The minimum Gasteiger partial charge on any atom is -0.371 e. The van der Waals surface area contributed by atoms with Gasteiger partial charge in [-0.3, -0.25) is 9.69 Å². The molecule has 3 rings (SSSR count). The van der Waals surface area contributed by atoms with Crippen LogP contribution in [0.2, 0.25) is 5.02 Å². The fraction of sp³-hybridized carbons (Fsp3) is 0.611. The molecule has 0 unspecified atom stereocenters. The molecule has 0 saturated carbocycles. The lowest BCUT2D eigenvalue weighted by Gasteiger charge is -2.35. The molecule has 9 heteroatoms. The standard InChI is InChI=1S/C18H26ClN3O2S.2ClH/c1-25-7-6-16(20)18(23)21-14-8-15-11-24-17(10-22(15)9-14)12-2-4-13(19)5-3-12;;/h2-5,14-17H,6-11,20H2,1H3,(H,21,23);2*1H/t14-,15-,16+,17+;;/m0../s1. The van der Waals surface area contributed by atoms with Crippen LogP contribution in [0.25, 0.3) is 0 Å². The normalized spacial score (nSPS) is 25.7. The molecule has 27 heavy (non-hydrogen) atoms. The van der Waals surface area contributed by atoms with E-state index < -0.39 is 6.04 Å². The van der Waals surface area contributed by atoms with Gasteiger partial charge in [0, 0.05) is 30.2 Å². The molecule has 5 nitrogen and oxygen atoms in total. The van der Waals surface area contributed by atoms with Crippen molar-refractivity contribution in [2.45, 2.75) is 37.1 Å². The lowest BCUT2D eigenvalue weighted by atomic mass is 10.1. The van der Waals surface area contributed by atoms with Crippen LogP contribution < -0.4 is 11.1 Å². The molecule has 2 aliphatic heterocycles. The lowest BCUT2D eigenvalue weighted by molar-refractivity contribution is -0.123. The second kappa shape index (κ2) is 11.7. The van der Waals surface area contributed by atoms with Gasteiger partial charge in [-0.1, -0.05) is 23.7 Å². The number of nitrogens with zero attached hydrogens (tertiary/aromatic N) is 1. The van der Waals surface area contributed by atoms with Gasteiger partial charge in [0.05, 0.1) is 18.8 Å². The Kier molecular flexibility index (Phi) is 10.8. The molecule has 2 heterocycles. The number of hydrogen-bond acceptors (Lipinski definition) is 5. The summed E-state index contributed by atoms with van der Waals surface area (Å²) in [5, 5.41) is 3.85. The quantitative estimate of drug-likeness (QED) is 0.689. The second-order valence-corrected chi connectivity index (χ2v) is 8.23. The van der Waals surface area contributed by atoms with Gasteiger partial charge in [-0.05, 0) is 42.5 Å². The molecule has 4 atom stereocenters. The summed E-state index contributed by atoms with van der Waals surface area (Å²) in [7, 11) is 0. The smallest absolute Gasteiger partial charge is 0.237 e. The summed E-state index contributed by atoms with van der Waals surface area (Å²) in [5.41, 5.74) is 7.11. The predicted molar refractivity (Wildman–Crippen MR) is 118 cm³/mol. The van der Waals surface area contributed by atoms with E-state index >= 15 is 0 Å². The first-order valence-corrected chi connectivity index (χ1v) is 10.5. The predicted octanol–water partition coefficient (Wildman–Crippen LogP) is 2.89. The van der Waals surface area contributed by atoms with Gasteiger partial charge < -0.3 is 15.8 Å². The number of thioether (sulfide) groups is 1. The Bertz CT molecular complexity index is 594. The van der Waals surface area contributed by atoms with Crippen LogP contribution in [0.15, 0.2) is 24.3 Å². The third kappa shape index (κ3) is 6.67. The Morgan fingerprint density at radius 1 is 1.37 bits per heavy atom. The average Bonchev–Trinajstić information content (AvgIpc) is 3.01. The van der Waals surface area contributed by atoms with Gasteiger partial charge >= 0.3 is 0 Å². The van der Waals surface area contributed by atoms with Crippen molar-refractivity contribution < 1.29 is 9.53 Å². The molecular formula is C18H28Cl3N3O2S. The van der Waals surface area contributed by atoms with E-state index in [0.717, 1.165) is 35.8 Å². The topological polar surface area (TPSA) is 67.6 Å². The maximum Gasteiger partial charge on any atom is 0.237 e. The van der Waals surface area contributed by atoms with Crippen LogP contribution in [0, 0.1) is 0 Å². The van der Waals surface area contributed by atoms with Crippen LogP contribution in [0.5, 0.6) is 0 Å². The van der Waals surface area contributed by atoms with E-state index in [9.17, 15) is 4.79 Å². The zero-order valence-corrected chi connectivity index (χ0v) is 18.5. The molecule has 1 amide bonds. The Hall–Kier alpha value is -0.210. The average molecular weight is 457 g/mol. The number of carbonyl (C=O) groups excluding carboxylic acids is 1. The van der Waals surface area contributed by atoms with Crippen LogP contribution in [0.1, 0.15) is 24.5 Å². The molecule has 2 saturated heterocycles. The second-order valence-electron chi connectivity index (χ2n) is 6.81. The first kappa shape index (κ1) is 24.8. The van der Waals surface area contributed by atoms with Gasteiger partial charge in [-0.15, -0.1) is 24.8 Å². The van der Waals surface area contributed by atoms with Crippen molar-refractivity contribution in [1.29, 1.82) is 0 Å². The molecular weight excluding hydrogens is 429 g/mol. The molecule has 0 aliphatic carbocycles. The van der Waals surface area contributed by atoms with E-state index in [4.69, 9.17) is 22.1 Å². The molecule has 154 valence electrons. The van der Waals surface area contributed by atoms with E-state index in [2.05, 4.69) is 10.2 Å². The number of nitrogens with two attached hydrogens (primary N) is 1. The van der Waals surface area contributed by atoms with Crippen molar-refractivity contribution in [3.05, 3.63) is 34.9 Å². The Labute approximate surface area is 182 Å². The Morgan fingerprint density at radius 2 is 2.07 bits per heavy atom. The van der Waals surface area contributed by atoms with Crippen molar-refractivity contribution in [2.75, 3.05) is 31.7 Å². The minimum absolute atomic E-state index is 0. The number of ether oxygens (including phenoxy) is 1. The number of amides is 1. The van der Waals surface area contributed by atoms with E-state index in [1.165, 1.54) is 0 Å². The number of benzene rings is 1. The first-order valence-electron chi connectivity index (χ1n) is 8.73. The van der Waals surface area contributed by atoms with Crippen molar-refractivity contribution >= 4 is 54.1 Å². The highest BCUT2D eigenvalue weighted by molar-refractivity contribution is 7.98.